The van der Waals surface area contributed by atoms with E-state index in [2.05, 4.69) is 15.0 Å². The first-order chi connectivity index (χ1) is 11.9. The summed E-state index contributed by atoms with van der Waals surface area (Å²) >= 11 is 4.80. The molecule has 1 aromatic heterocycles. The molecular weight excluding hydrogens is 391 g/mol. The zero-order chi connectivity index (χ0) is 19.9. The maximum atomic E-state index is 13.6. The maximum Gasteiger partial charge on any atom is 0.434 e. The van der Waals surface area contributed by atoms with E-state index in [1.807, 2.05) is 0 Å². The van der Waals surface area contributed by atoms with Gasteiger partial charge in [0.15, 0.2) is 5.69 Å². The Morgan fingerprint density at radius 3 is 2.19 bits per heavy atom. The molecule has 6 nitrogen and oxygen atoms in total. The van der Waals surface area contributed by atoms with Crippen LogP contribution in [0.15, 0.2) is 0 Å². The first kappa shape index (κ1) is 20.1. The zero-order valence-electron chi connectivity index (χ0n) is 13.0. The van der Waals surface area contributed by atoms with Gasteiger partial charge < -0.3 is 20.0 Å². The number of alkyl halides is 6. The third kappa shape index (κ3) is 4.14. The number of nitrogens with one attached hydrogen (secondary N) is 1. The molecule has 0 spiro atoms. The molecule has 144 valence electrons. The number of rotatable bonds is 6. The van der Waals surface area contributed by atoms with Crippen molar-refractivity contribution >= 4 is 29.2 Å². The minimum Gasteiger partial charge on any atom is -0.545 e. The maximum absolute atomic E-state index is 13.6. The Balaban J connectivity index is 2.86. The van der Waals surface area contributed by atoms with Crippen LogP contribution in [0.25, 0.3) is 0 Å². The van der Waals surface area contributed by atoms with E-state index in [-0.39, 0.29) is 12.5 Å². The van der Waals surface area contributed by atoms with Gasteiger partial charge in [-0.1, -0.05) is 0 Å². The summed E-state index contributed by atoms with van der Waals surface area (Å²) in [7, 11) is 0.777. The average Bonchev–Trinajstić information content (AvgIpc) is 3.32. The molecule has 1 aliphatic carbocycles. The van der Waals surface area contributed by atoms with E-state index in [4.69, 9.17) is 11.6 Å². The molecule has 1 N–H and O–H groups in total. The van der Waals surface area contributed by atoms with Gasteiger partial charge in [-0.05, 0) is 30.4 Å². The van der Waals surface area contributed by atoms with Crippen LogP contribution in [0.4, 0.5) is 27.6 Å². The predicted molar refractivity (Wildman–Crippen MR) is 75.9 cm³/mol. The molecule has 1 fully saturated rings. The van der Waals surface area contributed by atoms with Gasteiger partial charge in [0, 0.05) is 6.54 Å². The van der Waals surface area contributed by atoms with Crippen molar-refractivity contribution in [2.24, 2.45) is 5.92 Å². The second kappa shape index (κ2) is 6.86. The molecule has 1 heterocycles. The van der Waals surface area contributed by atoms with Crippen LogP contribution in [-0.4, -0.2) is 30.6 Å². The average molecular weight is 402 g/mol. The number of methoxy groups -OCH3 is 1. The van der Waals surface area contributed by atoms with Crippen molar-refractivity contribution in [1.82, 2.24) is 4.98 Å². The quantitative estimate of drug-likeness (QED) is 0.447. The number of hydrogen-bond acceptors (Lipinski definition) is 6. The largest absolute Gasteiger partial charge is 0.545 e. The number of carboxylic acid groups (broad SMARTS) is 1. The zero-order valence-corrected chi connectivity index (χ0v) is 13.8. The van der Waals surface area contributed by atoms with Crippen LogP contribution < -0.4 is 10.4 Å². The fraction of sp³-hybridized carbons (Fsp3) is 0.500. The molecule has 0 aromatic carbocycles. The van der Waals surface area contributed by atoms with Gasteiger partial charge in [-0.3, -0.25) is 0 Å². The van der Waals surface area contributed by atoms with Crippen LogP contribution in [0.5, 0.6) is 0 Å². The molecule has 0 atom stereocenters. The lowest BCUT2D eigenvalue weighted by Gasteiger charge is -2.24. The number of carbonyl (C=O) groups excluding carboxylic acids is 2. The van der Waals surface area contributed by atoms with Crippen molar-refractivity contribution < 1.29 is 41.4 Å². The number of halogens is 6. The van der Waals surface area contributed by atoms with Gasteiger partial charge in [0.1, 0.15) is 11.3 Å². The Morgan fingerprint density at radius 1 is 1.23 bits per heavy atom. The van der Waals surface area contributed by atoms with E-state index in [1.165, 1.54) is 0 Å². The van der Waals surface area contributed by atoms with E-state index >= 15 is 0 Å². The SMILES string of the molecule is COC(=O)c1c(C(F)(F)Cl)nc(C(F)(F)F)c(C(=O)[O-])c1NCC1CC1. The normalized spacial score (nSPS) is 14.9. The molecule has 0 unspecified atom stereocenters. The van der Waals surface area contributed by atoms with Crippen molar-refractivity contribution in [2.45, 2.75) is 24.4 Å². The summed E-state index contributed by atoms with van der Waals surface area (Å²) in [6.07, 6.45) is -4.01. The summed E-state index contributed by atoms with van der Waals surface area (Å²) in [5.74, 6) is -3.88. The van der Waals surface area contributed by atoms with E-state index in [1.54, 1.807) is 0 Å². The van der Waals surface area contributed by atoms with Crippen LogP contribution in [0.2, 0.25) is 0 Å². The van der Waals surface area contributed by atoms with Crippen LogP contribution in [0.3, 0.4) is 0 Å². The van der Waals surface area contributed by atoms with Gasteiger partial charge in [-0.25, -0.2) is 9.78 Å². The molecule has 12 heteroatoms. The van der Waals surface area contributed by atoms with Gasteiger partial charge in [0.05, 0.1) is 24.3 Å². The summed E-state index contributed by atoms with van der Waals surface area (Å²) in [4.78, 5) is 25.9. The highest BCUT2D eigenvalue weighted by atomic mass is 35.5. The molecule has 1 aromatic rings. The number of ether oxygens (including phenoxy) is 1. The number of aromatic nitrogens is 1. The van der Waals surface area contributed by atoms with Gasteiger partial charge in [0.25, 0.3) is 0 Å². The molecule has 0 bridgehead atoms. The first-order valence-electron chi connectivity index (χ1n) is 7.13. The highest BCUT2D eigenvalue weighted by molar-refractivity contribution is 6.22. The second-order valence-corrected chi connectivity index (χ2v) is 6.01. The van der Waals surface area contributed by atoms with Crippen LogP contribution in [-0.2, 0) is 16.3 Å². The summed E-state index contributed by atoms with van der Waals surface area (Å²) in [6.45, 7) is -0.0428. The molecule has 1 aliphatic rings. The summed E-state index contributed by atoms with van der Waals surface area (Å²) < 4.78 is 71.2. The lowest BCUT2D eigenvalue weighted by Crippen LogP contribution is -2.32. The fourth-order valence-electron chi connectivity index (χ4n) is 2.24. The Labute approximate surface area is 148 Å². The van der Waals surface area contributed by atoms with Crippen molar-refractivity contribution in [3.05, 3.63) is 22.5 Å². The predicted octanol–water partition coefficient (Wildman–Crippen LogP) is 2.36. The van der Waals surface area contributed by atoms with Crippen molar-refractivity contribution in [3.8, 4) is 0 Å². The second-order valence-electron chi connectivity index (χ2n) is 5.53. The van der Waals surface area contributed by atoms with Crippen LogP contribution in [0.1, 0.15) is 44.9 Å². The highest BCUT2D eigenvalue weighted by Gasteiger charge is 2.45. The van der Waals surface area contributed by atoms with Crippen molar-refractivity contribution in [1.29, 1.82) is 0 Å². The number of anilines is 1. The lowest BCUT2D eigenvalue weighted by atomic mass is 10.0. The molecule has 1 saturated carbocycles. The van der Waals surface area contributed by atoms with E-state index in [0.717, 1.165) is 7.11 Å². The minimum absolute atomic E-state index is 0.00225. The number of pyridine rings is 1. The van der Waals surface area contributed by atoms with Gasteiger partial charge >= 0.3 is 17.5 Å². The molecule has 0 amide bonds. The third-order valence-electron chi connectivity index (χ3n) is 3.59. The minimum atomic E-state index is -5.42. The molecular formula is C14H11ClF5N2O4-. The Hall–Kier alpha value is -2.17. The topological polar surface area (TPSA) is 91.3 Å². The monoisotopic (exact) mass is 401 g/mol. The Morgan fingerprint density at radius 2 is 1.81 bits per heavy atom. The van der Waals surface area contributed by atoms with Crippen molar-refractivity contribution in [3.63, 3.8) is 0 Å². The van der Waals surface area contributed by atoms with Gasteiger partial charge in [-0.2, -0.15) is 22.0 Å². The number of carboxylic acids is 1. The summed E-state index contributed by atoms with van der Waals surface area (Å²) in [5, 5.41) is 9.13. The van der Waals surface area contributed by atoms with E-state index in [9.17, 15) is 36.6 Å². The Bertz CT molecular complexity index is 744. The number of nitrogens with zero attached hydrogens (tertiary/aromatic N) is 1. The first-order valence-corrected chi connectivity index (χ1v) is 7.51. The number of hydrogen-bond donors (Lipinski definition) is 1. The standard InChI is InChI=1S/C14H12ClF5N2O4/c1-26-12(25)7-8(21-4-5-2-3-5)6(11(23)24)10(14(18,19)20)22-9(7)13(15,16)17/h5H,2-4H2,1H3,(H,21,22)(H,23,24)/p-1. The molecule has 0 aliphatic heterocycles. The summed E-state index contributed by atoms with van der Waals surface area (Å²) in [6, 6.07) is 0. The number of carbonyl (C=O) groups is 2. The molecule has 2 rings (SSSR count). The van der Waals surface area contributed by atoms with Crippen LogP contribution in [0, 0.1) is 5.92 Å². The summed E-state index contributed by atoms with van der Waals surface area (Å²) in [5.41, 5.74) is -7.69. The molecule has 26 heavy (non-hydrogen) atoms. The third-order valence-corrected chi connectivity index (χ3v) is 3.77. The smallest absolute Gasteiger partial charge is 0.434 e. The number of aromatic carboxylic acids is 1. The fourth-order valence-corrected chi connectivity index (χ4v) is 2.38. The highest BCUT2D eigenvalue weighted by Crippen LogP contribution is 2.43. The van der Waals surface area contributed by atoms with Crippen molar-refractivity contribution in [2.75, 3.05) is 19.0 Å². The Kier molecular flexibility index (Phi) is 5.31. The van der Waals surface area contributed by atoms with Gasteiger partial charge in [-0.15, -0.1) is 0 Å². The van der Waals surface area contributed by atoms with E-state index in [0.29, 0.717) is 12.8 Å². The van der Waals surface area contributed by atoms with Crippen LogP contribution >= 0.6 is 11.6 Å². The molecule has 0 radical (unpaired) electrons. The lowest BCUT2D eigenvalue weighted by molar-refractivity contribution is -0.255. The number of esters is 1. The molecule has 0 saturated heterocycles. The van der Waals surface area contributed by atoms with E-state index < -0.39 is 51.7 Å². The van der Waals surface area contributed by atoms with Gasteiger partial charge in [0.2, 0.25) is 0 Å².